The Morgan fingerprint density at radius 3 is 2.67 bits per heavy atom. The summed E-state index contributed by atoms with van der Waals surface area (Å²) in [6.45, 7) is 1.99. The van der Waals surface area contributed by atoms with Crippen molar-refractivity contribution in [3.8, 4) is 0 Å². The van der Waals surface area contributed by atoms with Crippen LogP contribution in [0.15, 0.2) is 45.7 Å². The zero-order valence-electron chi connectivity index (χ0n) is 11.2. The molecular formula is C15H13BrFN3O. The van der Waals surface area contributed by atoms with Gasteiger partial charge in [0.1, 0.15) is 5.82 Å². The lowest BCUT2D eigenvalue weighted by atomic mass is 10.1. The molecule has 0 saturated carbocycles. The molecule has 1 atom stereocenters. The Balaban J connectivity index is 1.86. The van der Waals surface area contributed by atoms with Gasteiger partial charge in [0, 0.05) is 11.7 Å². The van der Waals surface area contributed by atoms with Crippen molar-refractivity contribution in [1.82, 2.24) is 9.97 Å². The van der Waals surface area contributed by atoms with Crippen LogP contribution in [0.3, 0.4) is 0 Å². The van der Waals surface area contributed by atoms with E-state index in [1.54, 1.807) is 12.1 Å². The summed E-state index contributed by atoms with van der Waals surface area (Å²) < 4.78 is 13.7. The van der Waals surface area contributed by atoms with E-state index in [-0.39, 0.29) is 17.5 Å². The van der Waals surface area contributed by atoms with Crippen LogP contribution in [0.2, 0.25) is 0 Å². The van der Waals surface area contributed by atoms with Gasteiger partial charge in [-0.2, -0.15) is 0 Å². The average molecular weight is 350 g/mol. The predicted octanol–water partition coefficient (Wildman–Crippen LogP) is 3.93. The number of benzene rings is 2. The standard InChI is InChI=1S/C15H13BrFN3O/c1-8(9-2-4-12(17)11(16)6-9)18-10-3-5-13-14(7-10)20-15(21)19-13/h2-8,18H,1H3,(H2,19,20,21). The van der Waals surface area contributed by atoms with Gasteiger partial charge in [-0.25, -0.2) is 9.18 Å². The molecule has 0 amide bonds. The van der Waals surface area contributed by atoms with Gasteiger partial charge in [-0.1, -0.05) is 6.07 Å². The van der Waals surface area contributed by atoms with Gasteiger partial charge < -0.3 is 15.3 Å². The second kappa shape index (κ2) is 5.37. The van der Waals surface area contributed by atoms with Crippen LogP contribution >= 0.6 is 15.9 Å². The number of aromatic nitrogens is 2. The number of fused-ring (bicyclic) bond motifs is 1. The Morgan fingerprint density at radius 2 is 1.90 bits per heavy atom. The Bertz CT molecular complexity index is 855. The number of nitrogens with one attached hydrogen (secondary N) is 3. The monoisotopic (exact) mass is 349 g/mol. The number of aromatic amines is 2. The van der Waals surface area contributed by atoms with E-state index in [4.69, 9.17) is 0 Å². The molecule has 0 saturated heterocycles. The first-order chi connectivity index (χ1) is 10.0. The zero-order valence-corrected chi connectivity index (χ0v) is 12.8. The van der Waals surface area contributed by atoms with Crippen LogP contribution in [0.4, 0.5) is 10.1 Å². The molecule has 3 rings (SSSR count). The van der Waals surface area contributed by atoms with E-state index in [9.17, 15) is 9.18 Å². The fourth-order valence-electron chi connectivity index (χ4n) is 2.24. The highest BCUT2D eigenvalue weighted by Gasteiger charge is 2.09. The fraction of sp³-hybridized carbons (Fsp3) is 0.133. The molecular weight excluding hydrogens is 337 g/mol. The van der Waals surface area contributed by atoms with Gasteiger partial charge in [-0.3, -0.25) is 0 Å². The summed E-state index contributed by atoms with van der Waals surface area (Å²) in [6, 6.07) is 10.5. The van der Waals surface area contributed by atoms with Crippen molar-refractivity contribution in [2.24, 2.45) is 0 Å². The van der Waals surface area contributed by atoms with Crippen molar-refractivity contribution in [1.29, 1.82) is 0 Å². The van der Waals surface area contributed by atoms with Crippen LogP contribution in [0.5, 0.6) is 0 Å². The van der Waals surface area contributed by atoms with Crippen LogP contribution in [-0.2, 0) is 0 Å². The van der Waals surface area contributed by atoms with Gasteiger partial charge >= 0.3 is 5.69 Å². The predicted molar refractivity (Wildman–Crippen MR) is 85.1 cm³/mol. The Kier molecular flexibility index (Phi) is 3.55. The maximum atomic E-state index is 13.3. The van der Waals surface area contributed by atoms with Gasteiger partial charge in [-0.05, 0) is 58.7 Å². The quantitative estimate of drug-likeness (QED) is 0.670. The Labute approximate surface area is 128 Å². The molecule has 3 aromatic rings. The second-order valence-corrected chi connectivity index (χ2v) is 5.73. The van der Waals surface area contributed by atoms with E-state index in [0.29, 0.717) is 4.47 Å². The van der Waals surface area contributed by atoms with Crippen molar-refractivity contribution in [3.05, 3.63) is 62.7 Å². The van der Waals surface area contributed by atoms with Gasteiger partial charge in [0.15, 0.2) is 0 Å². The molecule has 0 aliphatic rings. The van der Waals surface area contributed by atoms with E-state index in [0.717, 1.165) is 22.3 Å². The third-order valence-electron chi connectivity index (χ3n) is 3.34. The molecule has 3 N–H and O–H groups in total. The summed E-state index contributed by atoms with van der Waals surface area (Å²) in [6.07, 6.45) is 0. The van der Waals surface area contributed by atoms with Crippen LogP contribution < -0.4 is 11.0 Å². The third kappa shape index (κ3) is 2.85. The number of anilines is 1. The van der Waals surface area contributed by atoms with Crippen molar-refractivity contribution in [2.75, 3.05) is 5.32 Å². The van der Waals surface area contributed by atoms with Crippen LogP contribution in [0, 0.1) is 5.82 Å². The molecule has 0 aliphatic carbocycles. The molecule has 1 heterocycles. The summed E-state index contributed by atoms with van der Waals surface area (Å²) in [7, 11) is 0. The highest BCUT2D eigenvalue weighted by Crippen LogP contribution is 2.25. The van der Waals surface area contributed by atoms with E-state index < -0.39 is 0 Å². The molecule has 0 bridgehead atoms. The zero-order chi connectivity index (χ0) is 15.0. The van der Waals surface area contributed by atoms with Crippen molar-refractivity contribution in [3.63, 3.8) is 0 Å². The highest BCUT2D eigenvalue weighted by atomic mass is 79.9. The largest absolute Gasteiger partial charge is 0.378 e. The van der Waals surface area contributed by atoms with Crippen molar-refractivity contribution >= 4 is 32.7 Å². The number of H-pyrrole nitrogens is 2. The minimum Gasteiger partial charge on any atom is -0.378 e. The molecule has 21 heavy (non-hydrogen) atoms. The lowest BCUT2D eigenvalue weighted by Crippen LogP contribution is -2.06. The normalized spacial score (nSPS) is 12.5. The Hall–Kier alpha value is -2.08. The number of hydrogen-bond acceptors (Lipinski definition) is 2. The SMILES string of the molecule is CC(Nc1ccc2[nH]c(=O)[nH]c2c1)c1ccc(F)c(Br)c1. The molecule has 0 fully saturated rings. The number of imidazole rings is 1. The number of hydrogen-bond donors (Lipinski definition) is 3. The topological polar surface area (TPSA) is 60.7 Å². The maximum absolute atomic E-state index is 13.3. The smallest absolute Gasteiger partial charge is 0.323 e. The van der Waals surface area contributed by atoms with Gasteiger partial charge in [-0.15, -0.1) is 0 Å². The lowest BCUT2D eigenvalue weighted by molar-refractivity contribution is 0.619. The molecule has 2 aromatic carbocycles. The van der Waals surface area contributed by atoms with Crippen LogP contribution in [0.25, 0.3) is 11.0 Å². The summed E-state index contributed by atoms with van der Waals surface area (Å²) in [5.74, 6) is -0.280. The van der Waals surface area contributed by atoms with E-state index in [1.807, 2.05) is 25.1 Å². The molecule has 6 heteroatoms. The number of rotatable bonds is 3. The van der Waals surface area contributed by atoms with Gasteiger partial charge in [0.2, 0.25) is 0 Å². The summed E-state index contributed by atoms with van der Waals surface area (Å²) in [5.41, 5.74) is 3.13. The van der Waals surface area contributed by atoms with Gasteiger partial charge in [0.05, 0.1) is 15.5 Å². The number of halogens is 2. The molecule has 1 aromatic heterocycles. The molecule has 0 radical (unpaired) electrons. The first-order valence-electron chi connectivity index (χ1n) is 6.46. The highest BCUT2D eigenvalue weighted by molar-refractivity contribution is 9.10. The molecule has 1 unspecified atom stereocenters. The molecule has 0 aliphatic heterocycles. The fourth-order valence-corrected chi connectivity index (χ4v) is 2.63. The van der Waals surface area contributed by atoms with E-state index >= 15 is 0 Å². The second-order valence-electron chi connectivity index (χ2n) is 4.88. The molecule has 0 spiro atoms. The lowest BCUT2D eigenvalue weighted by Gasteiger charge is -2.16. The molecule has 108 valence electrons. The maximum Gasteiger partial charge on any atom is 0.323 e. The average Bonchev–Trinajstić information content (AvgIpc) is 2.81. The summed E-state index contributed by atoms with van der Waals surface area (Å²) in [5, 5.41) is 3.33. The minimum absolute atomic E-state index is 0.00464. The first-order valence-corrected chi connectivity index (χ1v) is 7.26. The summed E-state index contributed by atoms with van der Waals surface area (Å²) in [4.78, 5) is 16.7. The van der Waals surface area contributed by atoms with Crippen molar-refractivity contribution in [2.45, 2.75) is 13.0 Å². The third-order valence-corrected chi connectivity index (χ3v) is 3.95. The van der Waals surface area contributed by atoms with E-state index in [1.165, 1.54) is 6.07 Å². The Morgan fingerprint density at radius 1 is 1.14 bits per heavy atom. The minimum atomic E-state index is -0.280. The molecule has 4 nitrogen and oxygen atoms in total. The van der Waals surface area contributed by atoms with E-state index in [2.05, 4.69) is 31.2 Å². The first kappa shape index (κ1) is 13.9. The van der Waals surface area contributed by atoms with Crippen LogP contribution in [0.1, 0.15) is 18.5 Å². The van der Waals surface area contributed by atoms with Crippen molar-refractivity contribution < 1.29 is 4.39 Å². The van der Waals surface area contributed by atoms with Gasteiger partial charge in [0.25, 0.3) is 0 Å². The summed E-state index contributed by atoms with van der Waals surface area (Å²) >= 11 is 3.19. The van der Waals surface area contributed by atoms with Crippen LogP contribution in [-0.4, -0.2) is 9.97 Å².